The zero-order valence-corrected chi connectivity index (χ0v) is 16.5. The maximum atomic E-state index is 13.2. The molecule has 1 saturated heterocycles. The average molecular weight is 390 g/mol. The van der Waals surface area contributed by atoms with Crippen molar-refractivity contribution < 1.29 is 14.7 Å². The van der Waals surface area contributed by atoms with Crippen LogP contribution in [0.15, 0.2) is 42.5 Å². The highest BCUT2D eigenvalue weighted by Gasteiger charge is 2.37. The van der Waals surface area contributed by atoms with Crippen LogP contribution >= 0.6 is 0 Å². The summed E-state index contributed by atoms with van der Waals surface area (Å²) in [6, 6.07) is 14.0. The van der Waals surface area contributed by atoms with Crippen molar-refractivity contribution in [2.45, 2.75) is 44.2 Å². The zero-order chi connectivity index (χ0) is 20.0. The first-order valence-electron chi connectivity index (χ1n) is 10.6. The Bertz CT molecular complexity index is 949. The highest BCUT2D eigenvalue weighted by molar-refractivity contribution is 5.97. The summed E-state index contributed by atoms with van der Waals surface area (Å²) in [5.74, 6) is -0.755. The van der Waals surface area contributed by atoms with Gasteiger partial charge in [0.05, 0.1) is 5.56 Å². The van der Waals surface area contributed by atoms with E-state index in [2.05, 4.69) is 15.9 Å². The summed E-state index contributed by atoms with van der Waals surface area (Å²) >= 11 is 0. The van der Waals surface area contributed by atoms with Crippen LogP contribution in [-0.2, 0) is 6.42 Å². The lowest BCUT2D eigenvalue weighted by atomic mass is 9.92. The van der Waals surface area contributed by atoms with Gasteiger partial charge in [0.1, 0.15) is 0 Å². The van der Waals surface area contributed by atoms with Gasteiger partial charge in [-0.1, -0.05) is 30.7 Å². The summed E-state index contributed by atoms with van der Waals surface area (Å²) in [6.45, 7) is 2.94. The van der Waals surface area contributed by atoms with Gasteiger partial charge in [0.25, 0.3) is 5.91 Å². The predicted octanol–water partition coefficient (Wildman–Crippen LogP) is 3.68. The monoisotopic (exact) mass is 390 g/mol. The molecule has 2 aromatic carbocycles. The van der Waals surface area contributed by atoms with E-state index in [0.29, 0.717) is 6.04 Å². The Morgan fingerprint density at radius 3 is 2.38 bits per heavy atom. The molecule has 2 heterocycles. The molecule has 0 spiro atoms. The molecule has 5 nitrogen and oxygen atoms in total. The van der Waals surface area contributed by atoms with Crippen LogP contribution in [0.4, 0.5) is 0 Å². The lowest BCUT2D eigenvalue weighted by molar-refractivity contribution is 0.0645. The first-order valence-corrected chi connectivity index (χ1v) is 10.6. The molecule has 2 aromatic rings. The van der Waals surface area contributed by atoms with Crippen molar-refractivity contribution in [3.8, 4) is 11.1 Å². The highest BCUT2D eigenvalue weighted by atomic mass is 16.4. The summed E-state index contributed by atoms with van der Waals surface area (Å²) in [7, 11) is 0. The first-order chi connectivity index (χ1) is 14.1. The molecular formula is C24H26N2O3. The Kier molecular flexibility index (Phi) is 4.63. The van der Waals surface area contributed by atoms with E-state index in [1.807, 2.05) is 24.3 Å². The van der Waals surface area contributed by atoms with E-state index in [0.717, 1.165) is 60.8 Å². The Hall–Kier alpha value is -2.66. The van der Waals surface area contributed by atoms with Gasteiger partial charge in [-0.2, -0.15) is 0 Å². The molecular weight excluding hydrogens is 364 g/mol. The molecule has 1 atom stereocenters. The van der Waals surface area contributed by atoms with E-state index < -0.39 is 5.97 Å². The quantitative estimate of drug-likeness (QED) is 0.865. The Morgan fingerprint density at radius 1 is 0.931 bits per heavy atom. The fraction of sp³-hybridized carbons (Fsp3) is 0.417. The molecule has 1 N–H and O–H groups in total. The third kappa shape index (κ3) is 3.33. The fourth-order valence-electron chi connectivity index (χ4n) is 4.95. The molecule has 29 heavy (non-hydrogen) atoms. The molecule has 5 heteroatoms. The van der Waals surface area contributed by atoms with Gasteiger partial charge in [-0.3, -0.25) is 9.69 Å². The maximum Gasteiger partial charge on any atom is 0.335 e. The van der Waals surface area contributed by atoms with Gasteiger partial charge in [-0.05, 0) is 60.6 Å². The molecule has 1 amide bonds. The number of amides is 1. The third-order valence-corrected chi connectivity index (χ3v) is 6.91. The molecule has 3 aliphatic rings. The average Bonchev–Trinajstić information content (AvgIpc) is 3.16. The van der Waals surface area contributed by atoms with Crippen LogP contribution in [0.25, 0.3) is 11.1 Å². The summed E-state index contributed by atoms with van der Waals surface area (Å²) in [5, 5.41) is 9.07. The van der Waals surface area contributed by atoms with Gasteiger partial charge in [0.15, 0.2) is 0 Å². The largest absolute Gasteiger partial charge is 0.478 e. The van der Waals surface area contributed by atoms with Crippen LogP contribution in [0.2, 0.25) is 0 Å². The minimum absolute atomic E-state index is 0.166. The number of likely N-dealkylation sites (tertiary alicyclic amines) is 1. The molecule has 2 fully saturated rings. The summed E-state index contributed by atoms with van der Waals surface area (Å²) < 4.78 is 0. The molecule has 150 valence electrons. The normalized spacial score (nSPS) is 22.4. The van der Waals surface area contributed by atoms with Crippen LogP contribution in [-0.4, -0.2) is 58.5 Å². The minimum atomic E-state index is -0.921. The predicted molar refractivity (Wildman–Crippen MR) is 111 cm³/mol. The van der Waals surface area contributed by atoms with E-state index in [4.69, 9.17) is 5.11 Å². The molecule has 1 aliphatic carbocycles. The Morgan fingerprint density at radius 2 is 1.69 bits per heavy atom. The number of hydrogen-bond acceptors (Lipinski definition) is 3. The van der Waals surface area contributed by atoms with Crippen molar-refractivity contribution in [3.63, 3.8) is 0 Å². The number of carboxylic acids is 1. The van der Waals surface area contributed by atoms with Crippen LogP contribution in [0.3, 0.4) is 0 Å². The summed E-state index contributed by atoms with van der Waals surface area (Å²) in [4.78, 5) is 28.9. The van der Waals surface area contributed by atoms with E-state index in [-0.39, 0.29) is 11.5 Å². The number of aromatic carboxylic acids is 1. The summed E-state index contributed by atoms with van der Waals surface area (Å²) in [6.07, 6.45) is 5.95. The molecule has 2 aliphatic heterocycles. The maximum absolute atomic E-state index is 13.2. The highest BCUT2D eigenvalue weighted by Crippen LogP contribution is 2.32. The third-order valence-electron chi connectivity index (χ3n) is 6.91. The van der Waals surface area contributed by atoms with Crippen molar-refractivity contribution in [2.75, 3.05) is 19.6 Å². The molecule has 0 radical (unpaired) electrons. The number of nitrogens with zero attached hydrogens (tertiary/aromatic N) is 2. The topological polar surface area (TPSA) is 60.9 Å². The van der Waals surface area contributed by atoms with Crippen LogP contribution in [0.1, 0.15) is 52.0 Å². The van der Waals surface area contributed by atoms with Crippen molar-refractivity contribution in [1.82, 2.24) is 9.80 Å². The van der Waals surface area contributed by atoms with Crippen LogP contribution in [0.5, 0.6) is 0 Å². The SMILES string of the molecule is O=C(O)c1ccc(-c2ccc3c(c2)CCN([C@@H]2CCN(C4CCC4)C2)C3=O)cc1. The molecule has 1 saturated carbocycles. The lowest BCUT2D eigenvalue weighted by Crippen LogP contribution is -2.47. The van der Waals surface area contributed by atoms with Gasteiger partial charge in [0.2, 0.25) is 0 Å². The molecule has 0 bridgehead atoms. The van der Waals surface area contributed by atoms with Crippen LogP contribution < -0.4 is 0 Å². The van der Waals surface area contributed by atoms with Gasteiger partial charge in [0, 0.05) is 37.3 Å². The van der Waals surface area contributed by atoms with Crippen molar-refractivity contribution in [1.29, 1.82) is 0 Å². The number of carbonyl (C=O) groups is 2. The molecule has 5 rings (SSSR count). The first kappa shape index (κ1) is 18.4. The molecule has 0 aromatic heterocycles. The number of benzene rings is 2. The number of carboxylic acid groups (broad SMARTS) is 1. The van der Waals surface area contributed by atoms with Gasteiger partial charge < -0.3 is 10.0 Å². The van der Waals surface area contributed by atoms with E-state index in [9.17, 15) is 9.59 Å². The van der Waals surface area contributed by atoms with Crippen LogP contribution in [0, 0.1) is 0 Å². The van der Waals surface area contributed by atoms with E-state index >= 15 is 0 Å². The van der Waals surface area contributed by atoms with Gasteiger partial charge in [-0.15, -0.1) is 0 Å². The van der Waals surface area contributed by atoms with Gasteiger partial charge in [-0.25, -0.2) is 4.79 Å². The minimum Gasteiger partial charge on any atom is -0.478 e. The standard InChI is InChI=1S/C24H26N2O3/c27-23-22-9-8-18(16-4-6-17(7-5-16)24(28)29)14-19(22)10-13-26(23)21-11-12-25(15-21)20-2-1-3-20/h4-9,14,20-21H,1-3,10-13,15H2,(H,28,29)/t21-/m1/s1. The summed E-state index contributed by atoms with van der Waals surface area (Å²) in [5.41, 5.74) is 4.20. The number of rotatable bonds is 4. The van der Waals surface area contributed by atoms with Gasteiger partial charge >= 0.3 is 5.97 Å². The number of fused-ring (bicyclic) bond motifs is 1. The van der Waals surface area contributed by atoms with Crippen molar-refractivity contribution in [2.24, 2.45) is 0 Å². The Balaban J connectivity index is 1.33. The lowest BCUT2D eigenvalue weighted by Gasteiger charge is -2.37. The number of hydrogen-bond donors (Lipinski definition) is 1. The number of carbonyl (C=O) groups excluding carboxylic acids is 1. The Labute approximate surface area is 170 Å². The van der Waals surface area contributed by atoms with Crippen molar-refractivity contribution >= 4 is 11.9 Å². The van der Waals surface area contributed by atoms with Crippen molar-refractivity contribution in [3.05, 3.63) is 59.2 Å². The fourth-order valence-corrected chi connectivity index (χ4v) is 4.95. The zero-order valence-electron chi connectivity index (χ0n) is 16.5. The second-order valence-corrected chi connectivity index (χ2v) is 8.53. The second-order valence-electron chi connectivity index (χ2n) is 8.53. The molecule has 0 unspecified atom stereocenters. The second kappa shape index (κ2) is 7.30. The van der Waals surface area contributed by atoms with E-state index in [1.54, 1.807) is 12.1 Å². The smallest absolute Gasteiger partial charge is 0.335 e. The van der Waals surface area contributed by atoms with E-state index in [1.165, 1.54) is 19.3 Å².